The van der Waals surface area contributed by atoms with Crippen LogP contribution in [-0.2, 0) is 10.0 Å². The van der Waals surface area contributed by atoms with E-state index in [1.807, 2.05) is 18.2 Å². The van der Waals surface area contributed by atoms with E-state index in [0.717, 1.165) is 31.5 Å². The van der Waals surface area contributed by atoms with Crippen LogP contribution in [-0.4, -0.2) is 39.7 Å². The van der Waals surface area contributed by atoms with Crippen LogP contribution in [0.5, 0.6) is 11.5 Å². The molecule has 1 N–H and O–H groups in total. The van der Waals surface area contributed by atoms with Crippen LogP contribution in [0.25, 0.3) is 0 Å². The van der Waals surface area contributed by atoms with Crippen molar-refractivity contribution in [1.29, 1.82) is 0 Å². The summed E-state index contributed by atoms with van der Waals surface area (Å²) in [5.74, 6) is 1.04. The molecule has 2 heterocycles. The van der Waals surface area contributed by atoms with Crippen molar-refractivity contribution in [2.24, 2.45) is 0 Å². The number of rotatable bonds is 6. The van der Waals surface area contributed by atoms with Crippen LogP contribution in [0.1, 0.15) is 24.4 Å². The fourth-order valence-electron chi connectivity index (χ4n) is 3.50. The highest BCUT2D eigenvalue weighted by molar-refractivity contribution is 7.89. The molecule has 6 nitrogen and oxygen atoms in total. The molecular formula is C19H22N2O4S. The van der Waals surface area contributed by atoms with Gasteiger partial charge >= 0.3 is 0 Å². The summed E-state index contributed by atoms with van der Waals surface area (Å²) in [6.45, 7) is 2.44. The van der Waals surface area contributed by atoms with Gasteiger partial charge in [-0.25, -0.2) is 13.1 Å². The normalized spacial score (nSPS) is 18.2. The van der Waals surface area contributed by atoms with Gasteiger partial charge in [0.25, 0.3) is 0 Å². The van der Waals surface area contributed by atoms with Gasteiger partial charge in [0.15, 0.2) is 11.5 Å². The number of likely N-dealkylation sites (tertiary alicyclic amines) is 1. The maximum Gasteiger partial charge on any atom is 0.240 e. The Labute approximate surface area is 153 Å². The van der Waals surface area contributed by atoms with E-state index in [1.54, 1.807) is 12.1 Å². The summed E-state index contributed by atoms with van der Waals surface area (Å²) in [4.78, 5) is 2.53. The summed E-state index contributed by atoms with van der Waals surface area (Å²) >= 11 is 0. The summed E-state index contributed by atoms with van der Waals surface area (Å²) in [6.07, 6.45) is 2.30. The average molecular weight is 374 g/mol. The average Bonchev–Trinajstić information content (AvgIpc) is 3.34. The molecule has 26 heavy (non-hydrogen) atoms. The predicted molar refractivity (Wildman–Crippen MR) is 97.7 cm³/mol. The van der Waals surface area contributed by atoms with Crippen molar-refractivity contribution in [2.75, 3.05) is 26.4 Å². The monoisotopic (exact) mass is 374 g/mol. The zero-order chi connectivity index (χ0) is 18.0. The second kappa shape index (κ2) is 7.26. The Morgan fingerprint density at radius 1 is 1.00 bits per heavy atom. The number of fused-ring (bicyclic) bond motifs is 1. The minimum atomic E-state index is -3.63. The lowest BCUT2D eigenvalue weighted by Crippen LogP contribution is -2.36. The minimum absolute atomic E-state index is 0.0301. The Morgan fingerprint density at radius 2 is 1.73 bits per heavy atom. The molecule has 0 spiro atoms. The van der Waals surface area contributed by atoms with E-state index in [1.165, 1.54) is 6.07 Å². The number of sulfonamides is 1. The van der Waals surface area contributed by atoms with Crippen molar-refractivity contribution in [2.45, 2.75) is 23.8 Å². The number of hydrogen-bond donors (Lipinski definition) is 1. The zero-order valence-corrected chi connectivity index (χ0v) is 15.2. The fourth-order valence-corrected chi connectivity index (χ4v) is 4.56. The molecule has 138 valence electrons. The smallest absolute Gasteiger partial charge is 0.240 e. The third-order valence-electron chi connectivity index (χ3n) is 4.89. The highest BCUT2D eigenvalue weighted by Gasteiger charge is 2.26. The first-order valence-corrected chi connectivity index (χ1v) is 10.3. The summed E-state index contributed by atoms with van der Waals surface area (Å²) in [6, 6.07) is 14.8. The van der Waals surface area contributed by atoms with E-state index in [0.29, 0.717) is 18.0 Å². The third-order valence-corrected chi connectivity index (χ3v) is 6.31. The van der Waals surface area contributed by atoms with E-state index in [4.69, 9.17) is 9.47 Å². The van der Waals surface area contributed by atoms with Crippen molar-refractivity contribution in [3.8, 4) is 11.5 Å². The van der Waals surface area contributed by atoms with Crippen LogP contribution in [0.15, 0.2) is 53.4 Å². The maximum atomic E-state index is 12.8. The minimum Gasteiger partial charge on any atom is -0.454 e. The van der Waals surface area contributed by atoms with Gasteiger partial charge < -0.3 is 9.47 Å². The van der Waals surface area contributed by atoms with Gasteiger partial charge in [-0.2, -0.15) is 0 Å². The van der Waals surface area contributed by atoms with E-state index >= 15 is 0 Å². The lowest BCUT2D eigenvalue weighted by atomic mass is 10.1. The molecule has 0 amide bonds. The Bertz CT molecular complexity index is 864. The van der Waals surface area contributed by atoms with Crippen molar-refractivity contribution < 1.29 is 17.9 Å². The Morgan fingerprint density at radius 3 is 2.50 bits per heavy atom. The number of hydrogen-bond acceptors (Lipinski definition) is 5. The van der Waals surface area contributed by atoms with Gasteiger partial charge in [-0.1, -0.05) is 30.3 Å². The fraction of sp³-hybridized carbons (Fsp3) is 0.368. The third kappa shape index (κ3) is 3.56. The van der Waals surface area contributed by atoms with E-state index in [-0.39, 0.29) is 17.7 Å². The van der Waals surface area contributed by atoms with Gasteiger partial charge in [0, 0.05) is 18.7 Å². The molecule has 2 aliphatic rings. The molecule has 1 atom stereocenters. The van der Waals surface area contributed by atoms with E-state index < -0.39 is 10.0 Å². The van der Waals surface area contributed by atoms with E-state index in [9.17, 15) is 8.42 Å². The lowest BCUT2D eigenvalue weighted by Gasteiger charge is -2.28. The first-order chi connectivity index (χ1) is 12.6. The molecule has 2 aliphatic heterocycles. The number of ether oxygens (including phenoxy) is 2. The van der Waals surface area contributed by atoms with Gasteiger partial charge in [-0.15, -0.1) is 0 Å². The Balaban J connectivity index is 1.53. The van der Waals surface area contributed by atoms with Crippen molar-refractivity contribution in [3.05, 3.63) is 54.1 Å². The van der Waals surface area contributed by atoms with Crippen LogP contribution in [0.4, 0.5) is 0 Å². The topological polar surface area (TPSA) is 67.9 Å². The van der Waals surface area contributed by atoms with Crippen molar-refractivity contribution >= 4 is 10.0 Å². The largest absolute Gasteiger partial charge is 0.454 e. The molecule has 0 saturated carbocycles. The quantitative estimate of drug-likeness (QED) is 0.842. The molecule has 0 bridgehead atoms. The van der Waals surface area contributed by atoms with Crippen LogP contribution < -0.4 is 14.2 Å². The van der Waals surface area contributed by atoms with Crippen molar-refractivity contribution in [3.63, 3.8) is 0 Å². The number of nitrogens with zero attached hydrogens (tertiary/aromatic N) is 1. The highest BCUT2D eigenvalue weighted by atomic mass is 32.2. The van der Waals surface area contributed by atoms with Crippen molar-refractivity contribution in [1.82, 2.24) is 9.62 Å². The van der Waals surface area contributed by atoms with Crippen LogP contribution in [0.2, 0.25) is 0 Å². The molecule has 1 fully saturated rings. The van der Waals surface area contributed by atoms with Gasteiger partial charge in [0.1, 0.15) is 0 Å². The van der Waals surface area contributed by atoms with Gasteiger partial charge in [0.05, 0.1) is 4.90 Å². The highest BCUT2D eigenvalue weighted by Crippen LogP contribution is 2.34. The standard InChI is InChI=1S/C19H22N2O4S/c22-26(23,16-8-9-18-19(12-16)25-14-24-18)20-13-17(21-10-4-5-11-21)15-6-2-1-3-7-15/h1-3,6-9,12,17,20H,4-5,10-11,13-14H2. The molecule has 1 saturated heterocycles. The summed E-state index contributed by atoms with van der Waals surface area (Å²) in [7, 11) is -3.63. The Hall–Kier alpha value is -2.09. The first kappa shape index (κ1) is 17.3. The predicted octanol–water partition coefficient (Wildman–Crippen LogP) is 2.53. The molecule has 2 aromatic carbocycles. The SMILES string of the molecule is O=S(=O)(NCC(c1ccccc1)N1CCCC1)c1ccc2c(c1)OCO2. The van der Waals surface area contributed by atoms with Gasteiger partial charge in [-0.05, 0) is 43.6 Å². The summed E-state index contributed by atoms with van der Waals surface area (Å²) in [5, 5.41) is 0. The first-order valence-electron chi connectivity index (χ1n) is 8.82. The molecule has 1 unspecified atom stereocenters. The molecule has 0 aliphatic carbocycles. The molecule has 4 rings (SSSR count). The number of nitrogens with one attached hydrogen (secondary N) is 1. The lowest BCUT2D eigenvalue weighted by molar-refractivity contribution is 0.174. The Kier molecular flexibility index (Phi) is 4.84. The van der Waals surface area contributed by atoms with Crippen LogP contribution in [0, 0.1) is 0 Å². The maximum absolute atomic E-state index is 12.8. The summed E-state index contributed by atoms with van der Waals surface area (Å²) in [5.41, 5.74) is 1.13. The summed E-state index contributed by atoms with van der Waals surface area (Å²) < 4.78 is 38.8. The molecule has 0 radical (unpaired) electrons. The molecule has 7 heteroatoms. The van der Waals surface area contributed by atoms with Crippen LogP contribution in [0.3, 0.4) is 0 Å². The van der Waals surface area contributed by atoms with Gasteiger partial charge in [0.2, 0.25) is 16.8 Å². The molecular weight excluding hydrogens is 352 g/mol. The zero-order valence-electron chi connectivity index (χ0n) is 14.4. The molecule has 0 aromatic heterocycles. The second-order valence-corrected chi connectivity index (χ2v) is 8.30. The number of benzene rings is 2. The second-order valence-electron chi connectivity index (χ2n) is 6.54. The molecule has 2 aromatic rings. The van der Waals surface area contributed by atoms with E-state index in [2.05, 4.69) is 21.8 Å². The van der Waals surface area contributed by atoms with Gasteiger partial charge in [-0.3, -0.25) is 4.90 Å². The van der Waals surface area contributed by atoms with Crippen LogP contribution >= 0.6 is 0 Å².